The number of likely N-dealkylation sites (N-methyl/N-ethyl adjacent to an activating group) is 1. The minimum Gasteiger partial charge on any atom is -0.353 e. The maximum atomic E-state index is 4.53. The Bertz CT molecular complexity index is 570. The lowest BCUT2D eigenvalue weighted by Crippen LogP contribution is -2.44. The second-order valence-electron chi connectivity index (χ2n) is 4.95. The Labute approximate surface area is 111 Å². The van der Waals surface area contributed by atoms with Crippen LogP contribution >= 0.6 is 11.3 Å². The molecule has 0 amide bonds. The third kappa shape index (κ3) is 1.87. The van der Waals surface area contributed by atoms with Crippen LogP contribution in [0.25, 0.3) is 10.2 Å². The van der Waals surface area contributed by atoms with Gasteiger partial charge < -0.3 is 9.80 Å². The first kappa shape index (κ1) is 11.9. The third-order valence-corrected chi connectivity index (χ3v) is 4.86. The molecule has 0 aliphatic carbocycles. The molecule has 2 aromatic heterocycles. The fourth-order valence-electron chi connectivity index (χ4n) is 2.42. The molecule has 3 rings (SSSR count). The fraction of sp³-hybridized carbons (Fsp3) is 0.538. The van der Waals surface area contributed by atoms with E-state index < -0.39 is 0 Å². The molecule has 0 atom stereocenters. The molecule has 0 N–H and O–H groups in total. The van der Waals surface area contributed by atoms with E-state index in [-0.39, 0.29) is 0 Å². The van der Waals surface area contributed by atoms with Gasteiger partial charge in [-0.3, -0.25) is 0 Å². The summed E-state index contributed by atoms with van der Waals surface area (Å²) in [6, 6.07) is 0. The van der Waals surface area contributed by atoms with Crippen LogP contribution in [0.1, 0.15) is 10.4 Å². The number of aryl methyl sites for hydroxylation is 2. The van der Waals surface area contributed by atoms with Gasteiger partial charge in [-0.25, -0.2) is 9.97 Å². The largest absolute Gasteiger partial charge is 0.353 e. The van der Waals surface area contributed by atoms with Crippen LogP contribution in [-0.2, 0) is 0 Å². The molecule has 5 heteroatoms. The molecule has 0 saturated carbocycles. The highest BCUT2D eigenvalue weighted by Gasteiger charge is 2.20. The summed E-state index contributed by atoms with van der Waals surface area (Å²) in [5.41, 5.74) is 1.34. The van der Waals surface area contributed by atoms with Gasteiger partial charge in [0.1, 0.15) is 17.0 Å². The van der Waals surface area contributed by atoms with Crippen LogP contribution in [0.5, 0.6) is 0 Å². The zero-order valence-electron chi connectivity index (χ0n) is 11.1. The zero-order chi connectivity index (χ0) is 12.7. The lowest BCUT2D eigenvalue weighted by atomic mass is 10.2. The second kappa shape index (κ2) is 4.48. The Morgan fingerprint density at radius 1 is 1.11 bits per heavy atom. The molecular weight excluding hydrogens is 244 g/mol. The minimum absolute atomic E-state index is 1.05. The summed E-state index contributed by atoms with van der Waals surface area (Å²) in [6.45, 7) is 8.65. The van der Waals surface area contributed by atoms with Crippen LogP contribution in [0, 0.1) is 13.8 Å². The van der Waals surface area contributed by atoms with E-state index in [9.17, 15) is 0 Å². The van der Waals surface area contributed by atoms with Gasteiger partial charge in [-0.15, -0.1) is 11.3 Å². The second-order valence-corrected chi connectivity index (χ2v) is 6.15. The highest BCUT2D eigenvalue weighted by molar-refractivity contribution is 7.18. The number of rotatable bonds is 1. The summed E-state index contributed by atoms with van der Waals surface area (Å²) in [5, 5.41) is 1.25. The molecule has 0 radical (unpaired) electrons. The van der Waals surface area contributed by atoms with Crippen LogP contribution in [0.2, 0.25) is 0 Å². The average molecular weight is 262 g/mol. The van der Waals surface area contributed by atoms with Crippen molar-refractivity contribution >= 4 is 27.4 Å². The molecule has 2 aromatic rings. The summed E-state index contributed by atoms with van der Waals surface area (Å²) in [4.78, 5) is 16.2. The predicted molar refractivity (Wildman–Crippen MR) is 76.6 cm³/mol. The standard InChI is InChI=1S/C13H18N4S/c1-9-10(2)18-13-11(9)12(14-8-15-13)17-6-4-16(3)5-7-17/h8H,4-7H2,1-3H3. The van der Waals surface area contributed by atoms with E-state index in [1.54, 1.807) is 17.7 Å². The van der Waals surface area contributed by atoms with Crippen LogP contribution in [0.4, 0.5) is 5.82 Å². The molecular formula is C13H18N4S. The highest BCUT2D eigenvalue weighted by atomic mass is 32.1. The van der Waals surface area contributed by atoms with Crippen molar-refractivity contribution in [3.63, 3.8) is 0 Å². The van der Waals surface area contributed by atoms with E-state index in [2.05, 4.69) is 40.7 Å². The molecule has 0 bridgehead atoms. The van der Waals surface area contributed by atoms with Crippen molar-refractivity contribution in [2.75, 3.05) is 38.1 Å². The van der Waals surface area contributed by atoms with Crippen LogP contribution in [0.3, 0.4) is 0 Å². The van der Waals surface area contributed by atoms with Crippen molar-refractivity contribution in [3.8, 4) is 0 Å². The van der Waals surface area contributed by atoms with Gasteiger partial charge in [0.25, 0.3) is 0 Å². The van der Waals surface area contributed by atoms with Crippen molar-refractivity contribution in [1.82, 2.24) is 14.9 Å². The van der Waals surface area contributed by atoms with Crippen molar-refractivity contribution in [2.24, 2.45) is 0 Å². The zero-order valence-corrected chi connectivity index (χ0v) is 11.9. The molecule has 0 spiro atoms. The van der Waals surface area contributed by atoms with Gasteiger partial charge in [0.15, 0.2) is 0 Å². The average Bonchev–Trinajstić information content (AvgIpc) is 2.66. The van der Waals surface area contributed by atoms with Crippen LogP contribution < -0.4 is 4.90 Å². The maximum Gasteiger partial charge on any atom is 0.141 e. The van der Waals surface area contributed by atoms with Gasteiger partial charge in [0.05, 0.1) is 5.39 Å². The third-order valence-electron chi connectivity index (χ3n) is 3.75. The Kier molecular flexibility index (Phi) is 2.95. The molecule has 4 nitrogen and oxygen atoms in total. The monoisotopic (exact) mass is 262 g/mol. The first-order valence-electron chi connectivity index (χ1n) is 6.31. The minimum atomic E-state index is 1.05. The van der Waals surface area contributed by atoms with Gasteiger partial charge >= 0.3 is 0 Å². The van der Waals surface area contributed by atoms with E-state index in [1.807, 2.05) is 0 Å². The fourth-order valence-corrected chi connectivity index (χ4v) is 3.41. The Morgan fingerprint density at radius 2 is 1.83 bits per heavy atom. The Hall–Kier alpha value is -1.20. The summed E-state index contributed by atoms with van der Waals surface area (Å²) in [5.74, 6) is 1.12. The van der Waals surface area contributed by atoms with Gasteiger partial charge in [-0.2, -0.15) is 0 Å². The Morgan fingerprint density at radius 3 is 2.56 bits per heavy atom. The van der Waals surface area contributed by atoms with Crippen molar-refractivity contribution in [3.05, 3.63) is 16.8 Å². The van der Waals surface area contributed by atoms with Crippen LogP contribution in [0.15, 0.2) is 6.33 Å². The number of hydrogen-bond donors (Lipinski definition) is 0. The van der Waals surface area contributed by atoms with E-state index in [0.29, 0.717) is 0 Å². The SMILES string of the molecule is Cc1sc2ncnc(N3CCN(C)CC3)c2c1C. The topological polar surface area (TPSA) is 32.3 Å². The smallest absolute Gasteiger partial charge is 0.141 e. The molecule has 0 aromatic carbocycles. The molecule has 1 aliphatic rings. The first-order chi connectivity index (χ1) is 8.66. The molecule has 1 saturated heterocycles. The number of fused-ring (bicyclic) bond motifs is 1. The number of aromatic nitrogens is 2. The molecule has 1 aliphatic heterocycles. The lowest BCUT2D eigenvalue weighted by Gasteiger charge is -2.33. The normalized spacial score (nSPS) is 17.6. The molecule has 3 heterocycles. The van der Waals surface area contributed by atoms with Crippen molar-refractivity contribution in [2.45, 2.75) is 13.8 Å². The Balaban J connectivity index is 2.06. The number of hydrogen-bond acceptors (Lipinski definition) is 5. The van der Waals surface area contributed by atoms with Gasteiger partial charge in [0, 0.05) is 31.1 Å². The molecule has 96 valence electrons. The van der Waals surface area contributed by atoms with E-state index in [4.69, 9.17) is 0 Å². The summed E-state index contributed by atoms with van der Waals surface area (Å²) in [6.07, 6.45) is 1.70. The van der Waals surface area contributed by atoms with E-state index in [0.717, 1.165) is 36.8 Å². The molecule has 18 heavy (non-hydrogen) atoms. The lowest BCUT2D eigenvalue weighted by molar-refractivity contribution is 0.312. The maximum absolute atomic E-state index is 4.53. The van der Waals surface area contributed by atoms with E-state index in [1.165, 1.54) is 15.8 Å². The predicted octanol–water partition coefficient (Wildman–Crippen LogP) is 2.06. The van der Waals surface area contributed by atoms with Crippen molar-refractivity contribution < 1.29 is 0 Å². The highest BCUT2D eigenvalue weighted by Crippen LogP contribution is 2.34. The number of piperazine rings is 1. The summed E-state index contributed by atoms with van der Waals surface area (Å²) >= 11 is 1.77. The van der Waals surface area contributed by atoms with E-state index >= 15 is 0 Å². The molecule has 0 unspecified atom stereocenters. The number of thiophene rings is 1. The molecule has 1 fully saturated rings. The van der Waals surface area contributed by atoms with Gasteiger partial charge in [0.2, 0.25) is 0 Å². The first-order valence-corrected chi connectivity index (χ1v) is 7.12. The van der Waals surface area contributed by atoms with Crippen molar-refractivity contribution in [1.29, 1.82) is 0 Å². The summed E-state index contributed by atoms with van der Waals surface area (Å²) in [7, 11) is 2.17. The van der Waals surface area contributed by atoms with Gasteiger partial charge in [-0.1, -0.05) is 0 Å². The number of nitrogens with zero attached hydrogens (tertiary/aromatic N) is 4. The number of anilines is 1. The van der Waals surface area contributed by atoms with Gasteiger partial charge in [-0.05, 0) is 26.5 Å². The summed E-state index contributed by atoms with van der Waals surface area (Å²) < 4.78 is 0. The van der Waals surface area contributed by atoms with Crippen LogP contribution in [-0.4, -0.2) is 48.1 Å². The quantitative estimate of drug-likeness (QED) is 0.787.